The monoisotopic (exact) mass is 396 g/mol. The van der Waals surface area contributed by atoms with E-state index >= 15 is 0 Å². The number of hydrogen-bond donors (Lipinski definition) is 0. The fourth-order valence-electron chi connectivity index (χ4n) is 3.05. The van der Waals surface area contributed by atoms with Crippen LogP contribution in [0.25, 0.3) is 5.69 Å². The Morgan fingerprint density at radius 2 is 1.55 bits per heavy atom. The van der Waals surface area contributed by atoms with Crippen molar-refractivity contribution in [2.24, 2.45) is 0 Å². The highest BCUT2D eigenvalue weighted by molar-refractivity contribution is 5.91. The average Bonchev–Trinajstić information content (AvgIpc) is 3.08. The van der Waals surface area contributed by atoms with E-state index < -0.39 is 5.97 Å². The summed E-state index contributed by atoms with van der Waals surface area (Å²) in [6.07, 6.45) is 0. The third kappa shape index (κ3) is 4.34. The van der Waals surface area contributed by atoms with Gasteiger partial charge in [0.25, 0.3) is 0 Å². The van der Waals surface area contributed by atoms with E-state index in [1.165, 1.54) is 21.3 Å². The van der Waals surface area contributed by atoms with Crippen LogP contribution in [-0.4, -0.2) is 37.1 Å². The number of carbonyl (C=O) groups excluding carboxylic acids is 1. The molecule has 1 aromatic heterocycles. The van der Waals surface area contributed by atoms with Crippen LogP contribution in [0, 0.1) is 13.8 Å². The molecular weight excluding hydrogens is 372 g/mol. The molecule has 0 unspecified atom stereocenters. The summed E-state index contributed by atoms with van der Waals surface area (Å²) in [5.41, 5.74) is 4.17. The molecule has 29 heavy (non-hydrogen) atoms. The fraction of sp³-hybridized carbons (Fsp3) is 0.273. The van der Waals surface area contributed by atoms with E-state index in [9.17, 15) is 4.79 Å². The van der Waals surface area contributed by atoms with Crippen LogP contribution in [0.5, 0.6) is 17.2 Å². The lowest BCUT2D eigenvalue weighted by molar-refractivity contribution is 0.0472. The van der Waals surface area contributed by atoms with Crippen molar-refractivity contribution >= 4 is 5.97 Å². The minimum atomic E-state index is -0.480. The summed E-state index contributed by atoms with van der Waals surface area (Å²) in [5, 5.41) is 4.47. The normalized spacial score (nSPS) is 10.5. The summed E-state index contributed by atoms with van der Waals surface area (Å²) in [7, 11) is 4.50. The van der Waals surface area contributed by atoms with E-state index in [0.717, 1.165) is 22.6 Å². The molecule has 152 valence electrons. The Balaban J connectivity index is 1.71. The standard InChI is InChI=1S/C22H24N2O5/c1-14-10-15(2)24(23-14)18-8-6-16(7-9-18)13-29-22(25)17-11-19(26-3)21(28-5)20(12-17)27-4/h6-12H,13H2,1-5H3. The first-order chi connectivity index (χ1) is 14.0. The van der Waals surface area contributed by atoms with Crippen molar-refractivity contribution < 1.29 is 23.7 Å². The molecule has 0 atom stereocenters. The predicted octanol–water partition coefficient (Wildman–Crippen LogP) is 3.87. The lowest BCUT2D eigenvalue weighted by Crippen LogP contribution is -2.07. The Morgan fingerprint density at radius 1 is 0.931 bits per heavy atom. The minimum Gasteiger partial charge on any atom is -0.493 e. The molecule has 7 nitrogen and oxygen atoms in total. The Labute approximate surface area is 169 Å². The van der Waals surface area contributed by atoms with Gasteiger partial charge in [0.1, 0.15) is 6.61 Å². The number of methoxy groups -OCH3 is 3. The summed E-state index contributed by atoms with van der Waals surface area (Å²) in [4.78, 5) is 12.5. The maximum absolute atomic E-state index is 12.5. The van der Waals surface area contributed by atoms with Gasteiger partial charge in [-0.3, -0.25) is 0 Å². The molecule has 0 bridgehead atoms. The second-order valence-corrected chi connectivity index (χ2v) is 6.50. The lowest BCUT2D eigenvalue weighted by Gasteiger charge is -2.14. The number of aryl methyl sites for hydroxylation is 2. The van der Waals surface area contributed by atoms with E-state index in [-0.39, 0.29) is 6.61 Å². The number of benzene rings is 2. The lowest BCUT2D eigenvalue weighted by atomic mass is 10.1. The van der Waals surface area contributed by atoms with Crippen LogP contribution < -0.4 is 14.2 Å². The molecule has 0 radical (unpaired) electrons. The minimum absolute atomic E-state index is 0.146. The van der Waals surface area contributed by atoms with Gasteiger partial charge in [-0.2, -0.15) is 5.10 Å². The number of carbonyl (C=O) groups is 1. The van der Waals surface area contributed by atoms with Crippen molar-refractivity contribution in [1.29, 1.82) is 0 Å². The van der Waals surface area contributed by atoms with E-state index in [0.29, 0.717) is 22.8 Å². The van der Waals surface area contributed by atoms with Gasteiger partial charge in [-0.1, -0.05) is 12.1 Å². The third-order valence-electron chi connectivity index (χ3n) is 4.46. The van der Waals surface area contributed by atoms with Gasteiger partial charge >= 0.3 is 5.97 Å². The Morgan fingerprint density at radius 3 is 2.03 bits per heavy atom. The van der Waals surface area contributed by atoms with Gasteiger partial charge in [0.2, 0.25) is 5.75 Å². The van der Waals surface area contributed by atoms with E-state index in [1.54, 1.807) is 12.1 Å². The second kappa shape index (κ2) is 8.68. The second-order valence-electron chi connectivity index (χ2n) is 6.50. The number of rotatable bonds is 7. The highest BCUT2D eigenvalue weighted by atomic mass is 16.5. The molecule has 0 fully saturated rings. The van der Waals surface area contributed by atoms with Gasteiger partial charge in [0.15, 0.2) is 11.5 Å². The Hall–Kier alpha value is -3.48. The highest BCUT2D eigenvalue weighted by Gasteiger charge is 2.18. The maximum atomic E-state index is 12.5. The predicted molar refractivity (Wildman–Crippen MR) is 108 cm³/mol. The number of ether oxygens (including phenoxy) is 4. The quantitative estimate of drug-likeness (QED) is 0.565. The van der Waals surface area contributed by atoms with Gasteiger partial charge in [-0.05, 0) is 49.7 Å². The van der Waals surface area contributed by atoms with Crippen molar-refractivity contribution in [1.82, 2.24) is 9.78 Å². The topological polar surface area (TPSA) is 71.8 Å². The van der Waals surface area contributed by atoms with Gasteiger partial charge in [-0.25, -0.2) is 9.48 Å². The molecule has 0 aliphatic heterocycles. The Bertz CT molecular complexity index is 984. The number of nitrogens with zero attached hydrogens (tertiary/aromatic N) is 2. The molecule has 0 amide bonds. The SMILES string of the molecule is COc1cc(C(=O)OCc2ccc(-n3nc(C)cc3C)cc2)cc(OC)c1OC. The summed E-state index contributed by atoms with van der Waals surface area (Å²) in [6, 6.07) is 12.9. The van der Waals surface area contributed by atoms with Crippen LogP contribution in [0.2, 0.25) is 0 Å². The Kier molecular flexibility index (Phi) is 6.07. The molecule has 3 aromatic rings. The average molecular weight is 396 g/mol. The zero-order valence-electron chi connectivity index (χ0n) is 17.2. The largest absolute Gasteiger partial charge is 0.493 e. The first kappa shape index (κ1) is 20.3. The molecule has 1 heterocycles. The third-order valence-corrected chi connectivity index (χ3v) is 4.46. The van der Waals surface area contributed by atoms with Gasteiger partial charge in [0.05, 0.1) is 38.3 Å². The van der Waals surface area contributed by atoms with E-state index in [2.05, 4.69) is 5.10 Å². The van der Waals surface area contributed by atoms with Crippen LogP contribution in [0.1, 0.15) is 27.3 Å². The number of hydrogen-bond acceptors (Lipinski definition) is 6. The van der Waals surface area contributed by atoms with Crippen molar-refractivity contribution in [3.63, 3.8) is 0 Å². The molecule has 0 aliphatic carbocycles. The molecular formula is C22H24N2O5. The van der Waals surface area contributed by atoms with Crippen molar-refractivity contribution in [3.8, 4) is 22.9 Å². The molecule has 0 aliphatic rings. The number of aromatic nitrogens is 2. The van der Waals surface area contributed by atoms with Crippen LogP contribution in [0.4, 0.5) is 0 Å². The van der Waals surface area contributed by atoms with Crippen LogP contribution in [-0.2, 0) is 11.3 Å². The van der Waals surface area contributed by atoms with Crippen molar-refractivity contribution in [2.45, 2.75) is 20.5 Å². The first-order valence-corrected chi connectivity index (χ1v) is 9.06. The van der Waals surface area contributed by atoms with E-state index in [4.69, 9.17) is 18.9 Å². The zero-order chi connectivity index (χ0) is 21.0. The molecule has 2 aromatic carbocycles. The van der Waals surface area contributed by atoms with Gasteiger partial charge in [0, 0.05) is 5.69 Å². The smallest absolute Gasteiger partial charge is 0.338 e. The molecule has 0 saturated heterocycles. The van der Waals surface area contributed by atoms with Gasteiger partial charge in [-0.15, -0.1) is 0 Å². The molecule has 3 rings (SSSR count). The summed E-state index contributed by atoms with van der Waals surface area (Å²) in [6.45, 7) is 4.11. The van der Waals surface area contributed by atoms with Crippen molar-refractivity contribution in [3.05, 3.63) is 65.0 Å². The fourth-order valence-corrected chi connectivity index (χ4v) is 3.05. The summed E-state index contributed by atoms with van der Waals surface area (Å²) in [5.74, 6) is 0.735. The number of esters is 1. The molecule has 0 spiro atoms. The highest BCUT2D eigenvalue weighted by Crippen LogP contribution is 2.38. The van der Waals surface area contributed by atoms with Crippen molar-refractivity contribution in [2.75, 3.05) is 21.3 Å². The summed E-state index contributed by atoms with van der Waals surface area (Å²) >= 11 is 0. The van der Waals surface area contributed by atoms with Crippen LogP contribution >= 0.6 is 0 Å². The van der Waals surface area contributed by atoms with Crippen LogP contribution in [0.15, 0.2) is 42.5 Å². The molecule has 0 saturated carbocycles. The summed E-state index contributed by atoms with van der Waals surface area (Å²) < 4.78 is 23.1. The molecule has 0 N–H and O–H groups in total. The molecule has 7 heteroatoms. The van der Waals surface area contributed by atoms with Crippen LogP contribution in [0.3, 0.4) is 0 Å². The van der Waals surface area contributed by atoms with E-state index in [1.807, 2.05) is 48.9 Å². The maximum Gasteiger partial charge on any atom is 0.338 e. The zero-order valence-corrected chi connectivity index (χ0v) is 17.2. The first-order valence-electron chi connectivity index (χ1n) is 9.06. The van der Waals surface area contributed by atoms with Gasteiger partial charge < -0.3 is 18.9 Å².